The molecule has 90 valence electrons. The molecule has 0 aliphatic heterocycles. The quantitative estimate of drug-likeness (QED) is 0.860. The monoisotopic (exact) mass is 248 g/mol. The van der Waals surface area contributed by atoms with Crippen molar-refractivity contribution in [3.05, 3.63) is 34.0 Å². The number of benzene rings is 1. The van der Waals surface area contributed by atoms with E-state index >= 15 is 0 Å². The van der Waals surface area contributed by atoms with E-state index in [9.17, 15) is 0 Å². The summed E-state index contributed by atoms with van der Waals surface area (Å²) in [5.74, 6) is 0. The van der Waals surface area contributed by atoms with Crippen molar-refractivity contribution in [3.8, 4) is 0 Å². The molecule has 0 unspecified atom stereocenters. The number of halogens is 1. The molecule has 0 aliphatic rings. The van der Waals surface area contributed by atoms with Crippen LogP contribution in [0.5, 0.6) is 0 Å². The minimum atomic E-state index is 0.716. The van der Waals surface area contributed by atoms with Crippen LogP contribution in [0.1, 0.15) is 23.7 Å². The van der Waals surface area contributed by atoms with E-state index < -0.39 is 0 Å². The normalized spacial score (nSPS) is 10.9. The number of nitrogens with zero attached hydrogens (tertiary/aromatic N) is 1. The Balaban J connectivity index is 2.92. The Kier molecular flexibility index (Phi) is 3.25. The lowest BCUT2D eigenvalue weighted by Crippen LogP contribution is -2.04. The van der Waals surface area contributed by atoms with Crippen LogP contribution in [0.3, 0.4) is 0 Å². The molecule has 0 spiro atoms. The standard InChI is InChI=1S/C14H17ClN2/c1-5-16-13-9(3)10(4)17-14-11(15)7-6-8(2)12(13)14/h6-7H,5H2,1-4H3,(H,16,17). The van der Waals surface area contributed by atoms with Crippen LogP contribution < -0.4 is 5.32 Å². The molecule has 2 aromatic rings. The molecule has 17 heavy (non-hydrogen) atoms. The molecule has 2 rings (SSSR count). The minimum Gasteiger partial charge on any atom is -0.384 e. The summed E-state index contributed by atoms with van der Waals surface area (Å²) in [6, 6.07) is 3.96. The lowest BCUT2D eigenvalue weighted by Gasteiger charge is -2.16. The maximum Gasteiger partial charge on any atom is 0.0914 e. The zero-order valence-corrected chi connectivity index (χ0v) is 11.4. The highest BCUT2D eigenvalue weighted by atomic mass is 35.5. The summed E-state index contributed by atoms with van der Waals surface area (Å²) in [7, 11) is 0. The molecule has 3 heteroatoms. The van der Waals surface area contributed by atoms with Gasteiger partial charge in [0.1, 0.15) is 0 Å². The summed E-state index contributed by atoms with van der Waals surface area (Å²) in [6.07, 6.45) is 0. The van der Waals surface area contributed by atoms with Crippen LogP contribution in [-0.4, -0.2) is 11.5 Å². The Morgan fingerprint density at radius 3 is 2.59 bits per heavy atom. The van der Waals surface area contributed by atoms with E-state index in [2.05, 4.69) is 31.1 Å². The van der Waals surface area contributed by atoms with Gasteiger partial charge in [-0.2, -0.15) is 0 Å². The van der Waals surface area contributed by atoms with Crippen molar-refractivity contribution < 1.29 is 0 Å². The SMILES string of the molecule is CCNc1c(C)c(C)nc2c(Cl)ccc(C)c12. The van der Waals surface area contributed by atoms with Crippen molar-refractivity contribution in [2.75, 3.05) is 11.9 Å². The van der Waals surface area contributed by atoms with Crippen molar-refractivity contribution in [2.24, 2.45) is 0 Å². The summed E-state index contributed by atoms with van der Waals surface area (Å²) in [5, 5.41) is 5.29. The average Bonchev–Trinajstić information content (AvgIpc) is 2.30. The number of hydrogen-bond acceptors (Lipinski definition) is 2. The summed E-state index contributed by atoms with van der Waals surface area (Å²) < 4.78 is 0. The van der Waals surface area contributed by atoms with Crippen LogP contribution in [0.15, 0.2) is 12.1 Å². The van der Waals surface area contributed by atoms with E-state index in [4.69, 9.17) is 11.6 Å². The van der Waals surface area contributed by atoms with Crippen molar-refractivity contribution in [2.45, 2.75) is 27.7 Å². The Labute approximate surface area is 107 Å². The number of anilines is 1. The highest BCUT2D eigenvalue weighted by molar-refractivity contribution is 6.35. The molecule has 0 fully saturated rings. The van der Waals surface area contributed by atoms with Crippen LogP contribution in [0.25, 0.3) is 10.9 Å². The molecule has 0 saturated heterocycles. The van der Waals surface area contributed by atoms with Gasteiger partial charge in [-0.1, -0.05) is 17.7 Å². The Morgan fingerprint density at radius 1 is 1.24 bits per heavy atom. The van der Waals surface area contributed by atoms with E-state index in [0.717, 1.165) is 28.8 Å². The number of aryl methyl sites for hydroxylation is 2. The number of fused-ring (bicyclic) bond motifs is 1. The molecular formula is C14H17ClN2. The molecule has 2 nitrogen and oxygen atoms in total. The molecule has 1 heterocycles. The van der Waals surface area contributed by atoms with Gasteiger partial charge in [-0.05, 0) is 44.9 Å². The van der Waals surface area contributed by atoms with Gasteiger partial charge in [-0.25, -0.2) is 0 Å². The Hall–Kier alpha value is -1.28. The molecule has 0 radical (unpaired) electrons. The Bertz CT molecular complexity index is 576. The van der Waals surface area contributed by atoms with Crippen LogP contribution in [0.4, 0.5) is 5.69 Å². The predicted octanol–water partition coefficient (Wildman–Crippen LogP) is 4.25. The van der Waals surface area contributed by atoms with E-state index in [1.165, 1.54) is 11.1 Å². The molecular weight excluding hydrogens is 232 g/mol. The fourth-order valence-corrected chi connectivity index (χ4v) is 2.31. The molecule has 1 aromatic heterocycles. The third-order valence-electron chi connectivity index (χ3n) is 3.14. The first-order valence-electron chi connectivity index (χ1n) is 5.86. The summed E-state index contributed by atoms with van der Waals surface area (Å²) in [6.45, 7) is 9.20. The highest BCUT2D eigenvalue weighted by Gasteiger charge is 2.12. The van der Waals surface area contributed by atoms with Gasteiger partial charge in [0, 0.05) is 23.3 Å². The van der Waals surface area contributed by atoms with E-state index in [-0.39, 0.29) is 0 Å². The summed E-state index contributed by atoms with van der Waals surface area (Å²) in [4.78, 5) is 4.61. The van der Waals surface area contributed by atoms with Crippen LogP contribution in [-0.2, 0) is 0 Å². The van der Waals surface area contributed by atoms with E-state index in [1.54, 1.807) is 0 Å². The second kappa shape index (κ2) is 4.53. The fourth-order valence-electron chi connectivity index (χ4n) is 2.11. The smallest absolute Gasteiger partial charge is 0.0914 e. The van der Waals surface area contributed by atoms with Crippen molar-refractivity contribution in [1.29, 1.82) is 0 Å². The molecule has 0 aliphatic carbocycles. The number of hydrogen-bond donors (Lipinski definition) is 1. The maximum absolute atomic E-state index is 6.24. The Morgan fingerprint density at radius 2 is 1.94 bits per heavy atom. The van der Waals surface area contributed by atoms with Gasteiger partial charge in [0.15, 0.2) is 0 Å². The van der Waals surface area contributed by atoms with Gasteiger partial charge in [0.05, 0.1) is 10.5 Å². The molecule has 1 aromatic carbocycles. The van der Waals surface area contributed by atoms with E-state index in [1.807, 2.05) is 19.1 Å². The van der Waals surface area contributed by atoms with Gasteiger partial charge < -0.3 is 5.32 Å². The van der Waals surface area contributed by atoms with Gasteiger partial charge in [-0.15, -0.1) is 0 Å². The number of pyridine rings is 1. The van der Waals surface area contributed by atoms with Gasteiger partial charge in [0.25, 0.3) is 0 Å². The maximum atomic E-state index is 6.24. The first-order chi connectivity index (χ1) is 8.06. The zero-order chi connectivity index (χ0) is 12.6. The summed E-state index contributed by atoms with van der Waals surface area (Å²) in [5.41, 5.74) is 5.49. The lowest BCUT2D eigenvalue weighted by molar-refractivity contribution is 1.15. The topological polar surface area (TPSA) is 24.9 Å². The predicted molar refractivity (Wildman–Crippen MR) is 75.1 cm³/mol. The zero-order valence-electron chi connectivity index (χ0n) is 10.7. The number of nitrogens with one attached hydrogen (secondary N) is 1. The molecule has 0 atom stereocenters. The fraction of sp³-hybridized carbons (Fsp3) is 0.357. The molecule has 0 bridgehead atoms. The minimum absolute atomic E-state index is 0.716. The largest absolute Gasteiger partial charge is 0.384 e. The van der Waals surface area contributed by atoms with E-state index in [0.29, 0.717) is 5.02 Å². The first-order valence-corrected chi connectivity index (χ1v) is 6.24. The van der Waals surface area contributed by atoms with Crippen LogP contribution in [0, 0.1) is 20.8 Å². The van der Waals surface area contributed by atoms with Crippen LogP contribution >= 0.6 is 11.6 Å². The van der Waals surface area contributed by atoms with Crippen molar-refractivity contribution >= 4 is 28.2 Å². The molecule has 0 saturated carbocycles. The van der Waals surface area contributed by atoms with Crippen molar-refractivity contribution in [3.63, 3.8) is 0 Å². The first kappa shape index (κ1) is 12.2. The third kappa shape index (κ3) is 1.98. The second-order valence-electron chi connectivity index (χ2n) is 4.32. The van der Waals surface area contributed by atoms with Crippen LogP contribution in [0.2, 0.25) is 5.02 Å². The molecule has 1 N–H and O–H groups in total. The number of rotatable bonds is 2. The average molecular weight is 249 g/mol. The number of aromatic nitrogens is 1. The van der Waals surface area contributed by atoms with Gasteiger partial charge in [0.2, 0.25) is 0 Å². The third-order valence-corrected chi connectivity index (χ3v) is 3.44. The lowest BCUT2D eigenvalue weighted by atomic mass is 10.0. The van der Waals surface area contributed by atoms with Crippen molar-refractivity contribution in [1.82, 2.24) is 4.98 Å². The molecule has 0 amide bonds. The second-order valence-corrected chi connectivity index (χ2v) is 4.72. The summed E-state index contributed by atoms with van der Waals surface area (Å²) >= 11 is 6.24. The highest BCUT2D eigenvalue weighted by Crippen LogP contribution is 2.34. The van der Waals surface area contributed by atoms with Gasteiger partial charge in [-0.3, -0.25) is 4.98 Å². The van der Waals surface area contributed by atoms with Gasteiger partial charge >= 0.3 is 0 Å².